The van der Waals surface area contributed by atoms with E-state index in [1.807, 2.05) is 19.1 Å². The lowest BCUT2D eigenvalue weighted by Crippen LogP contribution is -2.18. The largest absolute Gasteiger partial charge is 0.381 e. The third-order valence-corrected chi connectivity index (χ3v) is 3.68. The number of rotatable bonds is 4. The van der Waals surface area contributed by atoms with E-state index in [0.29, 0.717) is 0 Å². The average Bonchev–Trinajstić information content (AvgIpc) is 2.15. The van der Waals surface area contributed by atoms with Gasteiger partial charge >= 0.3 is 0 Å². The van der Waals surface area contributed by atoms with Crippen molar-refractivity contribution in [3.63, 3.8) is 0 Å². The zero-order chi connectivity index (χ0) is 11.4. The molecule has 1 aromatic rings. The Bertz CT molecular complexity index is 320. The first kappa shape index (κ1) is 13.5. The summed E-state index contributed by atoms with van der Waals surface area (Å²) >= 11 is 10.4. The summed E-state index contributed by atoms with van der Waals surface area (Å²) in [7, 11) is 1.71. The van der Waals surface area contributed by atoms with Gasteiger partial charge in [0.1, 0.15) is 0 Å². The molecule has 1 N–H and O–H groups in total. The van der Waals surface area contributed by atoms with Crippen LogP contribution in [0, 0.1) is 0 Å². The van der Waals surface area contributed by atoms with Crippen molar-refractivity contribution in [3.05, 3.63) is 25.6 Å². The van der Waals surface area contributed by atoms with Crippen LogP contribution in [0.15, 0.2) is 25.6 Å². The van der Waals surface area contributed by atoms with Crippen molar-refractivity contribution in [3.8, 4) is 0 Å². The molecule has 2 nitrogen and oxygen atoms in total. The van der Waals surface area contributed by atoms with Gasteiger partial charge in [-0.1, -0.05) is 15.9 Å². The van der Waals surface area contributed by atoms with Gasteiger partial charge in [0.25, 0.3) is 0 Å². The highest BCUT2D eigenvalue weighted by molar-refractivity contribution is 9.11. The lowest BCUT2D eigenvalue weighted by molar-refractivity contribution is 0.129. The smallest absolute Gasteiger partial charge is 0.0715 e. The van der Waals surface area contributed by atoms with E-state index < -0.39 is 0 Å². The Morgan fingerprint density at radius 3 is 2.27 bits per heavy atom. The molecule has 0 aliphatic heterocycles. The number of anilines is 1. The van der Waals surface area contributed by atoms with E-state index in [9.17, 15) is 0 Å². The van der Waals surface area contributed by atoms with Crippen LogP contribution < -0.4 is 5.32 Å². The first-order valence-electron chi connectivity index (χ1n) is 4.45. The van der Waals surface area contributed by atoms with Crippen molar-refractivity contribution in [2.24, 2.45) is 0 Å². The van der Waals surface area contributed by atoms with Crippen molar-refractivity contribution in [2.45, 2.75) is 13.0 Å². The molecule has 0 radical (unpaired) electrons. The molecule has 0 aliphatic rings. The number of hydrogen-bond donors (Lipinski definition) is 1. The van der Waals surface area contributed by atoms with E-state index >= 15 is 0 Å². The molecule has 0 heterocycles. The molecule has 84 valence electrons. The van der Waals surface area contributed by atoms with Crippen LogP contribution in [-0.2, 0) is 4.74 Å². The van der Waals surface area contributed by atoms with Crippen molar-refractivity contribution < 1.29 is 4.74 Å². The molecular weight excluding hydrogens is 390 g/mol. The summed E-state index contributed by atoms with van der Waals surface area (Å²) in [5.74, 6) is 0. The van der Waals surface area contributed by atoms with Gasteiger partial charge in [0.2, 0.25) is 0 Å². The summed E-state index contributed by atoms with van der Waals surface area (Å²) < 4.78 is 8.25. The first-order chi connectivity index (χ1) is 7.04. The van der Waals surface area contributed by atoms with Gasteiger partial charge in [0.15, 0.2) is 0 Å². The number of ether oxygens (including phenoxy) is 1. The Kier molecular flexibility index (Phi) is 5.60. The zero-order valence-corrected chi connectivity index (χ0v) is 13.2. The van der Waals surface area contributed by atoms with Crippen LogP contribution >= 0.6 is 47.8 Å². The molecule has 0 amide bonds. The van der Waals surface area contributed by atoms with Gasteiger partial charge in [0, 0.05) is 27.1 Å². The highest BCUT2D eigenvalue weighted by atomic mass is 79.9. The van der Waals surface area contributed by atoms with Crippen molar-refractivity contribution in [1.82, 2.24) is 0 Å². The van der Waals surface area contributed by atoms with Gasteiger partial charge in [-0.3, -0.25) is 0 Å². The second-order valence-corrected chi connectivity index (χ2v) is 5.80. The predicted octanol–water partition coefficient (Wildman–Crippen LogP) is 4.42. The lowest BCUT2D eigenvalue weighted by atomic mass is 10.3. The highest BCUT2D eigenvalue weighted by Gasteiger charge is 2.07. The Morgan fingerprint density at radius 2 is 1.80 bits per heavy atom. The quantitative estimate of drug-likeness (QED) is 0.806. The minimum Gasteiger partial charge on any atom is -0.381 e. The Morgan fingerprint density at radius 1 is 1.27 bits per heavy atom. The number of nitrogens with one attached hydrogen (secondary N) is 1. The van der Waals surface area contributed by atoms with Gasteiger partial charge in [-0.25, -0.2) is 0 Å². The molecule has 5 heteroatoms. The summed E-state index contributed by atoms with van der Waals surface area (Å²) in [6.07, 6.45) is 0.187. The van der Waals surface area contributed by atoms with Gasteiger partial charge in [-0.15, -0.1) is 0 Å². The van der Waals surface area contributed by atoms with E-state index in [1.165, 1.54) is 0 Å². The monoisotopic (exact) mass is 399 g/mol. The fourth-order valence-corrected chi connectivity index (χ4v) is 3.58. The molecule has 0 saturated heterocycles. The highest BCUT2D eigenvalue weighted by Crippen LogP contribution is 2.34. The summed E-state index contributed by atoms with van der Waals surface area (Å²) in [5.41, 5.74) is 1.04. The molecule has 1 rings (SSSR count). The second kappa shape index (κ2) is 6.23. The number of benzene rings is 1. The summed E-state index contributed by atoms with van der Waals surface area (Å²) in [5, 5.41) is 3.32. The zero-order valence-electron chi connectivity index (χ0n) is 8.48. The van der Waals surface area contributed by atoms with Gasteiger partial charge in [-0.2, -0.15) is 0 Å². The number of halogens is 3. The van der Waals surface area contributed by atoms with Gasteiger partial charge in [-0.05, 0) is 50.9 Å². The van der Waals surface area contributed by atoms with E-state index in [2.05, 4.69) is 53.1 Å². The SMILES string of the molecule is COC(C)CNc1c(Br)cc(Br)cc1Br. The summed E-state index contributed by atoms with van der Waals surface area (Å²) in [6.45, 7) is 2.79. The third kappa shape index (κ3) is 4.06. The number of methoxy groups -OCH3 is 1. The van der Waals surface area contributed by atoms with Crippen molar-refractivity contribution in [2.75, 3.05) is 19.0 Å². The number of hydrogen-bond acceptors (Lipinski definition) is 2. The van der Waals surface area contributed by atoms with E-state index in [1.54, 1.807) is 7.11 Å². The van der Waals surface area contributed by atoms with Crippen LogP contribution in [-0.4, -0.2) is 19.8 Å². The predicted molar refractivity (Wildman–Crippen MR) is 74.5 cm³/mol. The maximum Gasteiger partial charge on any atom is 0.0715 e. The minimum absolute atomic E-state index is 0.187. The molecule has 0 saturated carbocycles. The summed E-state index contributed by atoms with van der Waals surface area (Å²) in [6, 6.07) is 4.01. The molecule has 0 fully saturated rings. The maximum atomic E-state index is 5.17. The molecule has 0 bridgehead atoms. The maximum absolute atomic E-state index is 5.17. The molecule has 0 aliphatic carbocycles. The van der Waals surface area contributed by atoms with Crippen LogP contribution in [0.3, 0.4) is 0 Å². The van der Waals surface area contributed by atoms with Crippen LogP contribution in [0.5, 0.6) is 0 Å². The molecule has 0 aromatic heterocycles. The molecule has 0 spiro atoms. The topological polar surface area (TPSA) is 21.3 Å². The second-order valence-electron chi connectivity index (χ2n) is 3.17. The van der Waals surface area contributed by atoms with Crippen LogP contribution in [0.1, 0.15) is 6.92 Å². The molecule has 1 unspecified atom stereocenters. The first-order valence-corrected chi connectivity index (χ1v) is 6.83. The van der Waals surface area contributed by atoms with Crippen LogP contribution in [0.2, 0.25) is 0 Å². The minimum atomic E-state index is 0.187. The standard InChI is InChI=1S/C10H12Br3NO/c1-6(15-2)5-14-10-8(12)3-7(11)4-9(10)13/h3-4,6,14H,5H2,1-2H3. The molecule has 1 atom stereocenters. The molecular formula is C10H12Br3NO. The van der Waals surface area contributed by atoms with Crippen LogP contribution in [0.4, 0.5) is 5.69 Å². The Balaban J connectivity index is 2.77. The summed E-state index contributed by atoms with van der Waals surface area (Å²) in [4.78, 5) is 0. The Labute approximate surface area is 115 Å². The Hall–Kier alpha value is 0.420. The van der Waals surface area contributed by atoms with E-state index in [-0.39, 0.29) is 6.10 Å². The molecule has 15 heavy (non-hydrogen) atoms. The fraction of sp³-hybridized carbons (Fsp3) is 0.400. The van der Waals surface area contributed by atoms with Crippen molar-refractivity contribution >= 4 is 53.5 Å². The molecule has 1 aromatic carbocycles. The van der Waals surface area contributed by atoms with Gasteiger partial charge < -0.3 is 10.1 Å². The average molecular weight is 402 g/mol. The van der Waals surface area contributed by atoms with E-state index in [4.69, 9.17) is 4.74 Å². The van der Waals surface area contributed by atoms with Crippen molar-refractivity contribution in [1.29, 1.82) is 0 Å². The third-order valence-electron chi connectivity index (χ3n) is 1.98. The fourth-order valence-electron chi connectivity index (χ4n) is 1.04. The van der Waals surface area contributed by atoms with E-state index in [0.717, 1.165) is 25.7 Å². The van der Waals surface area contributed by atoms with Gasteiger partial charge in [0.05, 0.1) is 11.8 Å². The lowest BCUT2D eigenvalue weighted by Gasteiger charge is -2.14. The van der Waals surface area contributed by atoms with Crippen LogP contribution in [0.25, 0.3) is 0 Å². The normalized spacial score (nSPS) is 12.6.